The molecule has 0 saturated heterocycles. The molecular weight excluding hydrogens is 126 g/mol. The fourth-order valence-corrected chi connectivity index (χ4v) is 0.968. The Hall–Kier alpha value is -1.05. The first kappa shape index (κ1) is 7.06. The number of allylic oxidation sites excluding steroid dienone is 2. The van der Waals surface area contributed by atoms with Crippen LogP contribution in [-0.2, 0) is 4.74 Å². The van der Waals surface area contributed by atoms with E-state index in [0.717, 1.165) is 25.0 Å². The molecule has 1 heterocycles. The predicted molar refractivity (Wildman–Crippen MR) is 42.0 cm³/mol. The zero-order chi connectivity index (χ0) is 7.40. The van der Waals surface area contributed by atoms with Gasteiger partial charge in [-0.1, -0.05) is 12.7 Å². The van der Waals surface area contributed by atoms with Gasteiger partial charge in [-0.15, -0.1) is 0 Å². The lowest BCUT2D eigenvalue weighted by molar-refractivity contribution is 0.188. The molecule has 0 aliphatic carbocycles. The standard InChI is InChI=1S/C8H11NO/c1-3-7-5-4-6-10-8(7)9-2/h3H,1-2,4-6H2. The van der Waals surface area contributed by atoms with Crippen molar-refractivity contribution in [2.45, 2.75) is 12.8 Å². The van der Waals surface area contributed by atoms with Crippen LogP contribution in [0.2, 0.25) is 0 Å². The van der Waals surface area contributed by atoms with Crippen molar-refractivity contribution in [3.8, 4) is 0 Å². The Labute approximate surface area is 60.9 Å². The Bertz CT molecular complexity index is 162. The third kappa shape index (κ3) is 1.26. The summed E-state index contributed by atoms with van der Waals surface area (Å²) in [6.07, 6.45) is 3.85. The first-order valence-electron chi connectivity index (χ1n) is 3.33. The van der Waals surface area contributed by atoms with Crippen LogP contribution in [0.4, 0.5) is 0 Å². The maximum absolute atomic E-state index is 5.21. The molecule has 0 bridgehead atoms. The summed E-state index contributed by atoms with van der Waals surface area (Å²) in [4.78, 5) is 3.74. The van der Waals surface area contributed by atoms with Crippen LogP contribution < -0.4 is 0 Å². The molecule has 1 rings (SSSR count). The van der Waals surface area contributed by atoms with Crippen molar-refractivity contribution in [2.24, 2.45) is 4.99 Å². The van der Waals surface area contributed by atoms with Crippen LogP contribution in [0.15, 0.2) is 29.1 Å². The third-order valence-corrected chi connectivity index (χ3v) is 1.49. The van der Waals surface area contributed by atoms with Gasteiger partial charge in [0.15, 0.2) is 0 Å². The number of hydrogen-bond acceptors (Lipinski definition) is 2. The third-order valence-electron chi connectivity index (χ3n) is 1.49. The molecule has 0 saturated carbocycles. The van der Waals surface area contributed by atoms with Gasteiger partial charge < -0.3 is 4.74 Å². The lowest BCUT2D eigenvalue weighted by atomic mass is 10.1. The Balaban J connectivity index is 2.81. The molecule has 0 unspecified atom stereocenters. The molecule has 0 N–H and O–H groups in total. The summed E-state index contributed by atoms with van der Waals surface area (Å²) in [5.74, 6) is 0.654. The van der Waals surface area contributed by atoms with Gasteiger partial charge in [-0.2, -0.15) is 0 Å². The molecule has 0 atom stereocenters. The second kappa shape index (κ2) is 3.20. The highest BCUT2D eigenvalue weighted by molar-refractivity contribution is 5.32. The van der Waals surface area contributed by atoms with E-state index in [1.54, 1.807) is 6.08 Å². The van der Waals surface area contributed by atoms with Crippen LogP contribution in [0.1, 0.15) is 12.8 Å². The van der Waals surface area contributed by atoms with E-state index in [1.807, 2.05) is 0 Å². The van der Waals surface area contributed by atoms with Crippen molar-refractivity contribution < 1.29 is 4.74 Å². The summed E-state index contributed by atoms with van der Waals surface area (Å²) in [6, 6.07) is 0. The molecule has 0 amide bonds. The van der Waals surface area contributed by atoms with E-state index in [1.165, 1.54) is 0 Å². The van der Waals surface area contributed by atoms with Gasteiger partial charge in [0.1, 0.15) is 0 Å². The maximum Gasteiger partial charge on any atom is 0.215 e. The summed E-state index contributed by atoms with van der Waals surface area (Å²) in [5.41, 5.74) is 1.07. The summed E-state index contributed by atoms with van der Waals surface area (Å²) in [5, 5.41) is 0. The Morgan fingerprint density at radius 1 is 1.60 bits per heavy atom. The van der Waals surface area contributed by atoms with E-state index in [4.69, 9.17) is 4.74 Å². The SMILES string of the molecule is C=CC1=C(N=C)OCCC1. The van der Waals surface area contributed by atoms with Crippen LogP contribution in [0.3, 0.4) is 0 Å². The molecule has 0 fully saturated rings. The average molecular weight is 137 g/mol. The summed E-state index contributed by atoms with van der Waals surface area (Å²) >= 11 is 0. The molecule has 10 heavy (non-hydrogen) atoms. The first-order chi connectivity index (χ1) is 4.88. The van der Waals surface area contributed by atoms with Crippen molar-refractivity contribution in [1.29, 1.82) is 0 Å². The van der Waals surface area contributed by atoms with E-state index in [0.29, 0.717) is 5.88 Å². The normalized spacial score (nSPS) is 18.0. The van der Waals surface area contributed by atoms with Crippen LogP contribution in [-0.4, -0.2) is 13.3 Å². The van der Waals surface area contributed by atoms with Gasteiger partial charge in [-0.05, 0) is 19.6 Å². The molecule has 0 aromatic carbocycles. The monoisotopic (exact) mass is 137 g/mol. The van der Waals surface area contributed by atoms with E-state index >= 15 is 0 Å². The van der Waals surface area contributed by atoms with Gasteiger partial charge in [-0.3, -0.25) is 0 Å². The largest absolute Gasteiger partial charge is 0.477 e. The highest BCUT2D eigenvalue weighted by Gasteiger charge is 2.08. The fraction of sp³-hybridized carbons (Fsp3) is 0.375. The van der Waals surface area contributed by atoms with Gasteiger partial charge in [0.25, 0.3) is 0 Å². The van der Waals surface area contributed by atoms with Crippen LogP contribution >= 0.6 is 0 Å². The van der Waals surface area contributed by atoms with Gasteiger partial charge in [0.2, 0.25) is 5.88 Å². The summed E-state index contributed by atoms with van der Waals surface area (Å²) in [6.45, 7) is 7.81. The van der Waals surface area contributed by atoms with E-state index in [2.05, 4.69) is 18.3 Å². The lowest BCUT2D eigenvalue weighted by Crippen LogP contribution is -2.03. The molecule has 0 aromatic heterocycles. The molecule has 0 aromatic rings. The van der Waals surface area contributed by atoms with Crippen molar-refractivity contribution in [1.82, 2.24) is 0 Å². The number of hydrogen-bond donors (Lipinski definition) is 0. The summed E-state index contributed by atoms with van der Waals surface area (Å²) in [7, 11) is 0. The Morgan fingerprint density at radius 3 is 2.90 bits per heavy atom. The predicted octanol–water partition coefficient (Wildman–Crippen LogP) is 1.89. The van der Waals surface area contributed by atoms with E-state index < -0.39 is 0 Å². The Morgan fingerprint density at radius 2 is 2.40 bits per heavy atom. The minimum Gasteiger partial charge on any atom is -0.477 e. The molecule has 54 valence electrons. The zero-order valence-corrected chi connectivity index (χ0v) is 5.97. The van der Waals surface area contributed by atoms with Crippen LogP contribution in [0, 0.1) is 0 Å². The van der Waals surface area contributed by atoms with Gasteiger partial charge in [0.05, 0.1) is 6.61 Å². The highest BCUT2D eigenvalue weighted by atomic mass is 16.5. The van der Waals surface area contributed by atoms with Crippen molar-refractivity contribution >= 4 is 6.72 Å². The molecular formula is C8H11NO. The fourth-order valence-electron chi connectivity index (χ4n) is 0.968. The minimum atomic E-state index is 0.654. The molecule has 1 aliphatic heterocycles. The second-order valence-electron chi connectivity index (χ2n) is 2.14. The lowest BCUT2D eigenvalue weighted by Gasteiger charge is -2.14. The minimum absolute atomic E-state index is 0.654. The Kier molecular flexibility index (Phi) is 2.26. The maximum atomic E-state index is 5.21. The number of nitrogens with zero attached hydrogens (tertiary/aromatic N) is 1. The summed E-state index contributed by atoms with van der Waals surface area (Å²) < 4.78 is 5.21. The van der Waals surface area contributed by atoms with Gasteiger partial charge in [0, 0.05) is 5.57 Å². The van der Waals surface area contributed by atoms with E-state index in [9.17, 15) is 0 Å². The smallest absolute Gasteiger partial charge is 0.215 e. The van der Waals surface area contributed by atoms with E-state index in [-0.39, 0.29) is 0 Å². The van der Waals surface area contributed by atoms with Gasteiger partial charge >= 0.3 is 0 Å². The molecule has 2 heteroatoms. The molecule has 0 spiro atoms. The topological polar surface area (TPSA) is 21.6 Å². The molecule has 1 aliphatic rings. The quantitative estimate of drug-likeness (QED) is 0.532. The second-order valence-corrected chi connectivity index (χ2v) is 2.14. The average Bonchev–Trinajstić information content (AvgIpc) is 2.04. The molecule has 2 nitrogen and oxygen atoms in total. The first-order valence-corrected chi connectivity index (χ1v) is 3.33. The van der Waals surface area contributed by atoms with Crippen LogP contribution in [0.5, 0.6) is 0 Å². The number of ether oxygens (including phenoxy) is 1. The zero-order valence-electron chi connectivity index (χ0n) is 5.97. The highest BCUT2D eigenvalue weighted by Crippen LogP contribution is 2.19. The van der Waals surface area contributed by atoms with Crippen LogP contribution in [0.25, 0.3) is 0 Å². The number of rotatable bonds is 2. The van der Waals surface area contributed by atoms with Crippen molar-refractivity contribution in [3.05, 3.63) is 24.1 Å². The number of aliphatic imine (C=N–C) groups is 1. The van der Waals surface area contributed by atoms with Crippen molar-refractivity contribution in [3.63, 3.8) is 0 Å². The molecule has 0 radical (unpaired) electrons. The van der Waals surface area contributed by atoms with Crippen molar-refractivity contribution in [2.75, 3.05) is 6.61 Å². The van der Waals surface area contributed by atoms with Gasteiger partial charge in [-0.25, -0.2) is 4.99 Å².